The van der Waals surface area contributed by atoms with E-state index >= 15 is 0 Å². The van der Waals surface area contributed by atoms with Crippen molar-refractivity contribution in [3.05, 3.63) is 34.1 Å². The fourth-order valence-corrected chi connectivity index (χ4v) is 3.89. The van der Waals surface area contributed by atoms with E-state index < -0.39 is 0 Å². The molecule has 2 atom stereocenters. The molecule has 0 amide bonds. The van der Waals surface area contributed by atoms with Gasteiger partial charge in [-0.1, -0.05) is 51.1 Å². The summed E-state index contributed by atoms with van der Waals surface area (Å²) in [5.41, 5.74) is 1.10. The first kappa shape index (κ1) is 13.5. The molecule has 2 unspecified atom stereocenters. The van der Waals surface area contributed by atoms with Gasteiger partial charge in [0.2, 0.25) is 0 Å². The molecular weight excluding hydrogens is 347 g/mol. The van der Waals surface area contributed by atoms with Crippen LogP contribution in [0.5, 0.6) is 0 Å². The third kappa shape index (κ3) is 4.06. The summed E-state index contributed by atoms with van der Waals surface area (Å²) in [7, 11) is 0. The Balaban J connectivity index is 2.07. The van der Waals surface area contributed by atoms with Crippen molar-refractivity contribution in [2.45, 2.75) is 43.4 Å². The number of hydrogen-bond acceptors (Lipinski definition) is 0. The van der Waals surface area contributed by atoms with Crippen molar-refractivity contribution >= 4 is 31.9 Å². The number of alkyl halides is 1. The average molecular weight is 364 g/mol. The first-order chi connectivity index (χ1) is 8.15. The zero-order valence-corrected chi connectivity index (χ0v) is 12.9. The molecule has 1 fully saturated rings. The maximum atomic E-state index is 13.3. The largest absolute Gasteiger partial charge is 0.207 e. The Morgan fingerprint density at radius 2 is 1.88 bits per heavy atom. The molecule has 1 aliphatic rings. The highest BCUT2D eigenvalue weighted by Gasteiger charge is 2.21. The topological polar surface area (TPSA) is 0 Å². The Hall–Kier alpha value is 0.110. The summed E-state index contributed by atoms with van der Waals surface area (Å²) < 4.78 is 14.2. The molecule has 17 heavy (non-hydrogen) atoms. The van der Waals surface area contributed by atoms with E-state index in [9.17, 15) is 4.39 Å². The van der Waals surface area contributed by atoms with E-state index in [0.29, 0.717) is 10.7 Å². The van der Waals surface area contributed by atoms with Crippen LogP contribution in [-0.2, 0) is 6.42 Å². The molecule has 0 N–H and O–H groups in total. The molecule has 2 rings (SSSR count). The number of halogens is 3. The summed E-state index contributed by atoms with van der Waals surface area (Å²) in [5.74, 6) is 0.500. The van der Waals surface area contributed by atoms with Crippen LogP contribution < -0.4 is 0 Å². The number of hydrogen-bond donors (Lipinski definition) is 0. The van der Waals surface area contributed by atoms with Crippen LogP contribution in [0.25, 0.3) is 0 Å². The summed E-state index contributed by atoms with van der Waals surface area (Å²) in [6.45, 7) is 0. The molecule has 3 heteroatoms. The molecule has 1 aliphatic carbocycles. The predicted octanol–water partition coefficient (Wildman–Crippen LogP) is 5.47. The van der Waals surface area contributed by atoms with Gasteiger partial charge >= 0.3 is 0 Å². The smallest absolute Gasteiger partial charge is 0.124 e. The Labute approximate surface area is 119 Å². The molecule has 1 aromatic carbocycles. The van der Waals surface area contributed by atoms with Gasteiger partial charge in [-0.25, -0.2) is 4.39 Å². The van der Waals surface area contributed by atoms with Crippen LogP contribution in [0, 0.1) is 11.7 Å². The molecule has 0 aromatic heterocycles. The van der Waals surface area contributed by atoms with Crippen molar-refractivity contribution in [3.63, 3.8) is 0 Å². The van der Waals surface area contributed by atoms with E-state index in [-0.39, 0.29) is 5.82 Å². The lowest BCUT2D eigenvalue weighted by Gasteiger charge is -2.20. The lowest BCUT2D eigenvalue weighted by Crippen LogP contribution is -2.15. The predicted molar refractivity (Wildman–Crippen MR) is 77.1 cm³/mol. The number of rotatable bonds is 2. The summed E-state index contributed by atoms with van der Waals surface area (Å²) in [5, 5.41) is 0. The van der Waals surface area contributed by atoms with Crippen LogP contribution >= 0.6 is 31.9 Å². The minimum absolute atomic E-state index is 0.144. The highest BCUT2D eigenvalue weighted by Crippen LogP contribution is 2.32. The lowest BCUT2D eigenvalue weighted by molar-refractivity contribution is 0.474. The quantitative estimate of drug-likeness (QED) is 0.482. The molecule has 0 spiro atoms. The van der Waals surface area contributed by atoms with Crippen LogP contribution in [-0.4, -0.2) is 4.83 Å². The fraction of sp³-hybridized carbons (Fsp3) is 0.571. The Kier molecular flexibility index (Phi) is 5.04. The minimum atomic E-state index is -0.144. The van der Waals surface area contributed by atoms with Crippen molar-refractivity contribution in [2.24, 2.45) is 5.92 Å². The zero-order valence-electron chi connectivity index (χ0n) is 9.76. The van der Waals surface area contributed by atoms with Crippen LogP contribution in [0.15, 0.2) is 22.7 Å². The van der Waals surface area contributed by atoms with E-state index in [2.05, 4.69) is 31.9 Å². The Morgan fingerprint density at radius 1 is 1.12 bits per heavy atom. The summed E-state index contributed by atoms with van der Waals surface area (Å²) in [6.07, 6.45) is 7.45. The number of benzene rings is 1. The maximum absolute atomic E-state index is 13.3. The van der Waals surface area contributed by atoms with Crippen molar-refractivity contribution in [1.82, 2.24) is 0 Å². The molecule has 0 radical (unpaired) electrons. The molecule has 0 heterocycles. The summed E-state index contributed by atoms with van der Waals surface area (Å²) >= 11 is 7.15. The van der Waals surface area contributed by atoms with Gasteiger partial charge in [0.1, 0.15) is 5.82 Å². The van der Waals surface area contributed by atoms with Gasteiger partial charge in [0.05, 0.1) is 0 Å². The van der Waals surface area contributed by atoms with Crippen LogP contribution in [0.3, 0.4) is 0 Å². The molecule has 0 saturated heterocycles. The normalized spacial score (nSPS) is 25.6. The van der Waals surface area contributed by atoms with Gasteiger partial charge < -0.3 is 0 Å². The molecule has 1 aromatic rings. The summed E-state index contributed by atoms with van der Waals surface area (Å²) in [6, 6.07) is 5.21. The van der Waals surface area contributed by atoms with Gasteiger partial charge in [-0.2, -0.15) is 0 Å². The van der Waals surface area contributed by atoms with Crippen LogP contribution in [0.2, 0.25) is 0 Å². The van der Waals surface area contributed by atoms with Gasteiger partial charge in [-0.05, 0) is 48.9 Å². The second-order valence-electron chi connectivity index (χ2n) is 4.90. The molecule has 0 nitrogen and oxygen atoms in total. The van der Waals surface area contributed by atoms with Gasteiger partial charge in [-0.3, -0.25) is 0 Å². The first-order valence-electron chi connectivity index (χ1n) is 6.24. The summed E-state index contributed by atoms with van der Waals surface area (Å²) in [4.78, 5) is 0.590. The maximum Gasteiger partial charge on any atom is 0.124 e. The first-order valence-corrected chi connectivity index (χ1v) is 7.95. The third-order valence-corrected chi connectivity index (χ3v) is 5.15. The monoisotopic (exact) mass is 362 g/mol. The lowest BCUT2D eigenvalue weighted by atomic mass is 9.92. The highest BCUT2D eigenvalue weighted by molar-refractivity contribution is 9.10. The van der Waals surface area contributed by atoms with Crippen molar-refractivity contribution < 1.29 is 4.39 Å². The second-order valence-corrected chi connectivity index (χ2v) is 6.99. The zero-order chi connectivity index (χ0) is 12.3. The SMILES string of the molecule is Fc1cc(Br)cc(CC2CCCCCC2Br)c1. The molecule has 0 aliphatic heterocycles. The standard InChI is InChI=1S/C14H17Br2F/c15-12-7-10(8-13(17)9-12)6-11-4-2-1-3-5-14(11)16/h7-9,11,14H,1-6H2. The third-order valence-electron chi connectivity index (χ3n) is 3.49. The van der Waals surface area contributed by atoms with E-state index in [4.69, 9.17) is 0 Å². The highest BCUT2D eigenvalue weighted by atomic mass is 79.9. The van der Waals surface area contributed by atoms with Gasteiger partial charge in [0.25, 0.3) is 0 Å². The van der Waals surface area contributed by atoms with E-state index in [1.807, 2.05) is 6.07 Å². The van der Waals surface area contributed by atoms with Gasteiger partial charge in [0.15, 0.2) is 0 Å². The molecular formula is C14H17Br2F. The fourth-order valence-electron chi connectivity index (χ4n) is 2.60. The van der Waals surface area contributed by atoms with Crippen molar-refractivity contribution in [3.8, 4) is 0 Å². The molecule has 1 saturated carbocycles. The van der Waals surface area contributed by atoms with Gasteiger partial charge in [0, 0.05) is 9.30 Å². The van der Waals surface area contributed by atoms with Crippen LogP contribution in [0.1, 0.15) is 37.7 Å². The van der Waals surface area contributed by atoms with Crippen LogP contribution in [0.4, 0.5) is 4.39 Å². The van der Waals surface area contributed by atoms with E-state index in [1.54, 1.807) is 6.07 Å². The Bertz CT molecular complexity index is 358. The van der Waals surface area contributed by atoms with Crippen molar-refractivity contribution in [2.75, 3.05) is 0 Å². The molecule has 0 bridgehead atoms. The van der Waals surface area contributed by atoms with E-state index in [1.165, 1.54) is 38.2 Å². The minimum Gasteiger partial charge on any atom is -0.207 e. The van der Waals surface area contributed by atoms with E-state index in [0.717, 1.165) is 16.5 Å². The average Bonchev–Trinajstić information content (AvgIpc) is 2.43. The van der Waals surface area contributed by atoms with Gasteiger partial charge in [-0.15, -0.1) is 0 Å². The second kappa shape index (κ2) is 6.33. The van der Waals surface area contributed by atoms with Crippen molar-refractivity contribution in [1.29, 1.82) is 0 Å². The molecule has 94 valence electrons. The Morgan fingerprint density at radius 3 is 2.65 bits per heavy atom.